The molecule has 1 saturated carbocycles. The summed E-state index contributed by atoms with van der Waals surface area (Å²) in [5.41, 5.74) is 0. The van der Waals surface area contributed by atoms with Crippen LogP contribution in [0, 0.1) is 17.8 Å². The first-order valence-electron chi connectivity index (χ1n) is 8.55. The summed E-state index contributed by atoms with van der Waals surface area (Å²) in [5, 5.41) is 3.85. The van der Waals surface area contributed by atoms with Crippen molar-refractivity contribution in [3.05, 3.63) is 0 Å². The molecule has 0 aromatic rings. The Hall–Kier alpha value is -0.0800. The first kappa shape index (κ1) is 15.3. The molecule has 1 saturated heterocycles. The van der Waals surface area contributed by atoms with E-state index in [0.29, 0.717) is 6.10 Å². The average molecular weight is 267 g/mol. The third kappa shape index (κ3) is 4.46. The molecule has 1 heterocycles. The lowest BCUT2D eigenvalue weighted by atomic mass is 9.89. The van der Waals surface area contributed by atoms with Crippen LogP contribution in [0.1, 0.15) is 65.7 Å². The fourth-order valence-corrected chi connectivity index (χ4v) is 3.90. The van der Waals surface area contributed by atoms with Gasteiger partial charge in [0, 0.05) is 19.2 Å². The van der Waals surface area contributed by atoms with Gasteiger partial charge in [0.2, 0.25) is 0 Å². The van der Waals surface area contributed by atoms with Crippen molar-refractivity contribution < 1.29 is 4.74 Å². The van der Waals surface area contributed by atoms with E-state index in [1.54, 1.807) is 0 Å². The second kappa shape index (κ2) is 7.64. The van der Waals surface area contributed by atoms with E-state index >= 15 is 0 Å². The Balaban J connectivity index is 1.71. The fourth-order valence-electron chi connectivity index (χ4n) is 3.90. The molecule has 2 heteroatoms. The molecule has 2 nitrogen and oxygen atoms in total. The third-order valence-corrected chi connectivity index (χ3v) is 5.37. The fraction of sp³-hybridized carbons (Fsp3) is 1.00. The highest BCUT2D eigenvalue weighted by atomic mass is 16.5. The maximum absolute atomic E-state index is 5.79. The van der Waals surface area contributed by atoms with Crippen LogP contribution in [-0.2, 0) is 4.74 Å². The smallest absolute Gasteiger partial charge is 0.0613 e. The van der Waals surface area contributed by atoms with Gasteiger partial charge in [-0.05, 0) is 49.9 Å². The molecule has 0 bridgehead atoms. The Morgan fingerprint density at radius 3 is 2.68 bits per heavy atom. The first-order chi connectivity index (χ1) is 9.20. The zero-order valence-corrected chi connectivity index (χ0v) is 13.2. The highest BCUT2D eigenvalue weighted by Crippen LogP contribution is 2.29. The van der Waals surface area contributed by atoms with Crippen molar-refractivity contribution in [2.24, 2.45) is 17.8 Å². The van der Waals surface area contributed by atoms with Gasteiger partial charge in [0.15, 0.2) is 0 Å². The summed E-state index contributed by atoms with van der Waals surface area (Å²) in [7, 11) is 0. The van der Waals surface area contributed by atoms with E-state index in [4.69, 9.17) is 4.74 Å². The van der Waals surface area contributed by atoms with Crippen LogP contribution in [-0.4, -0.2) is 25.3 Å². The van der Waals surface area contributed by atoms with Crippen molar-refractivity contribution in [3.8, 4) is 0 Å². The normalized spacial score (nSPS) is 36.6. The minimum absolute atomic E-state index is 0.515. The van der Waals surface area contributed by atoms with Crippen LogP contribution in [0.3, 0.4) is 0 Å². The van der Waals surface area contributed by atoms with Crippen LogP contribution in [0.5, 0.6) is 0 Å². The van der Waals surface area contributed by atoms with Crippen molar-refractivity contribution in [3.63, 3.8) is 0 Å². The van der Waals surface area contributed by atoms with Gasteiger partial charge in [-0.2, -0.15) is 0 Å². The lowest BCUT2D eigenvalue weighted by molar-refractivity contribution is 0.0864. The van der Waals surface area contributed by atoms with Crippen LogP contribution >= 0.6 is 0 Å². The summed E-state index contributed by atoms with van der Waals surface area (Å²) in [5.74, 6) is 2.59. The summed E-state index contributed by atoms with van der Waals surface area (Å²) in [6.07, 6.45) is 9.99. The molecule has 2 rings (SSSR count). The molecule has 1 aliphatic carbocycles. The SMILES string of the molecule is CCC1OCCC1CNC1CCCC(C(C)C)CC1. The summed E-state index contributed by atoms with van der Waals surface area (Å²) in [6, 6.07) is 0.766. The highest BCUT2D eigenvalue weighted by Gasteiger charge is 2.27. The Labute approximate surface area is 119 Å². The van der Waals surface area contributed by atoms with E-state index in [9.17, 15) is 0 Å². The molecule has 2 fully saturated rings. The summed E-state index contributed by atoms with van der Waals surface area (Å²) in [4.78, 5) is 0. The highest BCUT2D eigenvalue weighted by molar-refractivity contribution is 4.81. The molecule has 4 atom stereocenters. The van der Waals surface area contributed by atoms with Crippen molar-refractivity contribution in [1.29, 1.82) is 0 Å². The van der Waals surface area contributed by atoms with Gasteiger partial charge in [-0.25, -0.2) is 0 Å². The number of ether oxygens (including phenoxy) is 1. The quantitative estimate of drug-likeness (QED) is 0.760. The molecule has 2 aliphatic rings. The number of hydrogen-bond acceptors (Lipinski definition) is 2. The van der Waals surface area contributed by atoms with Crippen molar-refractivity contribution in [2.45, 2.75) is 77.9 Å². The minimum atomic E-state index is 0.515. The number of hydrogen-bond donors (Lipinski definition) is 1. The van der Waals surface area contributed by atoms with Crippen molar-refractivity contribution in [1.82, 2.24) is 5.32 Å². The standard InChI is InChI=1S/C17H33NO/c1-4-17-15(10-11-19-17)12-18-16-7-5-6-14(8-9-16)13(2)3/h13-18H,4-12H2,1-3H3. The lowest BCUT2D eigenvalue weighted by Gasteiger charge is -2.22. The van der Waals surface area contributed by atoms with E-state index < -0.39 is 0 Å². The maximum atomic E-state index is 5.79. The average Bonchev–Trinajstić information content (AvgIpc) is 2.72. The Bertz CT molecular complexity index is 254. The summed E-state index contributed by atoms with van der Waals surface area (Å²) in [6.45, 7) is 9.18. The molecule has 1 aliphatic heterocycles. The Morgan fingerprint density at radius 2 is 1.95 bits per heavy atom. The van der Waals surface area contributed by atoms with Crippen molar-refractivity contribution in [2.75, 3.05) is 13.2 Å². The Morgan fingerprint density at radius 1 is 1.11 bits per heavy atom. The molecule has 0 aromatic carbocycles. The van der Waals surface area contributed by atoms with Gasteiger partial charge >= 0.3 is 0 Å². The molecule has 4 unspecified atom stereocenters. The molecule has 112 valence electrons. The molecule has 0 aromatic heterocycles. The van der Waals surface area contributed by atoms with E-state index in [1.807, 2.05) is 0 Å². The summed E-state index contributed by atoms with van der Waals surface area (Å²) < 4.78 is 5.79. The van der Waals surface area contributed by atoms with Crippen LogP contribution in [0.15, 0.2) is 0 Å². The molecule has 1 N–H and O–H groups in total. The monoisotopic (exact) mass is 267 g/mol. The topological polar surface area (TPSA) is 21.3 Å². The minimum Gasteiger partial charge on any atom is -0.378 e. The van der Waals surface area contributed by atoms with Gasteiger partial charge < -0.3 is 10.1 Å². The molecular formula is C17H33NO. The third-order valence-electron chi connectivity index (χ3n) is 5.37. The zero-order chi connectivity index (χ0) is 13.7. The maximum Gasteiger partial charge on any atom is 0.0613 e. The molecule has 0 amide bonds. The predicted octanol–water partition coefficient (Wildman–Crippen LogP) is 4.00. The van der Waals surface area contributed by atoms with Crippen molar-refractivity contribution >= 4 is 0 Å². The molecular weight excluding hydrogens is 234 g/mol. The summed E-state index contributed by atoms with van der Waals surface area (Å²) >= 11 is 0. The van der Waals surface area contributed by atoms with Gasteiger partial charge in [-0.15, -0.1) is 0 Å². The van der Waals surface area contributed by atoms with Crippen LogP contribution < -0.4 is 5.32 Å². The van der Waals surface area contributed by atoms with Crippen LogP contribution in [0.2, 0.25) is 0 Å². The second-order valence-electron chi connectivity index (χ2n) is 6.98. The molecule has 19 heavy (non-hydrogen) atoms. The van der Waals surface area contributed by atoms with E-state index in [1.165, 1.54) is 51.5 Å². The van der Waals surface area contributed by atoms with Crippen LogP contribution in [0.25, 0.3) is 0 Å². The van der Waals surface area contributed by atoms with Gasteiger partial charge in [0.05, 0.1) is 6.10 Å². The van der Waals surface area contributed by atoms with E-state index in [2.05, 4.69) is 26.1 Å². The van der Waals surface area contributed by atoms with Gasteiger partial charge in [-0.3, -0.25) is 0 Å². The van der Waals surface area contributed by atoms with Gasteiger partial charge in [-0.1, -0.05) is 33.6 Å². The molecule has 0 radical (unpaired) electrons. The second-order valence-corrected chi connectivity index (χ2v) is 6.98. The van der Waals surface area contributed by atoms with E-state index in [-0.39, 0.29) is 0 Å². The Kier molecular flexibility index (Phi) is 6.15. The lowest BCUT2D eigenvalue weighted by Crippen LogP contribution is -2.35. The molecule has 0 spiro atoms. The first-order valence-corrected chi connectivity index (χ1v) is 8.55. The van der Waals surface area contributed by atoms with Crippen LogP contribution in [0.4, 0.5) is 0 Å². The van der Waals surface area contributed by atoms with Gasteiger partial charge in [0.25, 0.3) is 0 Å². The number of nitrogens with one attached hydrogen (secondary N) is 1. The predicted molar refractivity (Wildman–Crippen MR) is 81.3 cm³/mol. The largest absolute Gasteiger partial charge is 0.378 e. The van der Waals surface area contributed by atoms with Gasteiger partial charge in [0.1, 0.15) is 0 Å². The number of rotatable bonds is 5. The zero-order valence-electron chi connectivity index (χ0n) is 13.2. The van der Waals surface area contributed by atoms with E-state index in [0.717, 1.165) is 30.4 Å².